The van der Waals surface area contributed by atoms with Crippen molar-refractivity contribution in [2.75, 3.05) is 13.1 Å². The molecule has 17 heavy (non-hydrogen) atoms. The van der Waals surface area contributed by atoms with Crippen molar-refractivity contribution in [3.05, 3.63) is 0 Å². The van der Waals surface area contributed by atoms with Gasteiger partial charge in [0.25, 0.3) is 0 Å². The summed E-state index contributed by atoms with van der Waals surface area (Å²) in [5, 5.41) is 8.84. The quantitative estimate of drug-likeness (QED) is 0.730. The minimum atomic E-state index is -0.929. The van der Waals surface area contributed by atoms with E-state index in [0.29, 0.717) is 18.9 Å². The van der Waals surface area contributed by atoms with Gasteiger partial charge in [-0.25, -0.2) is 0 Å². The summed E-state index contributed by atoms with van der Waals surface area (Å²) in [5.74, 6) is -0.468. The van der Waals surface area contributed by atoms with E-state index in [0.717, 1.165) is 25.7 Å². The number of rotatable bonds is 5. The fraction of sp³-hybridized carbons (Fsp3) is 0.833. The lowest BCUT2D eigenvalue weighted by atomic mass is 10.1. The second-order valence-electron chi connectivity index (χ2n) is 5.33. The monoisotopic (exact) mass is 240 g/mol. The molecular formula is C12H20N2O3. The van der Waals surface area contributed by atoms with Gasteiger partial charge in [-0.2, -0.15) is 0 Å². The lowest BCUT2D eigenvalue weighted by Crippen LogP contribution is -2.40. The number of carboxylic acids is 1. The maximum Gasteiger partial charge on any atom is 0.323 e. The van der Waals surface area contributed by atoms with Crippen molar-refractivity contribution in [1.82, 2.24) is 4.90 Å². The molecule has 2 unspecified atom stereocenters. The van der Waals surface area contributed by atoms with Gasteiger partial charge in [-0.1, -0.05) is 0 Å². The van der Waals surface area contributed by atoms with Crippen molar-refractivity contribution in [2.24, 2.45) is 17.6 Å². The molecule has 0 radical (unpaired) electrons. The van der Waals surface area contributed by atoms with Gasteiger partial charge in [-0.15, -0.1) is 0 Å². The van der Waals surface area contributed by atoms with Crippen LogP contribution in [-0.4, -0.2) is 41.0 Å². The summed E-state index contributed by atoms with van der Waals surface area (Å²) in [6, 6.07) is 0.108. The van der Waals surface area contributed by atoms with Crippen LogP contribution in [0.1, 0.15) is 32.1 Å². The highest BCUT2D eigenvalue weighted by Gasteiger charge is 2.34. The molecule has 2 aliphatic rings. The molecule has 2 rings (SSSR count). The van der Waals surface area contributed by atoms with Crippen molar-refractivity contribution in [3.8, 4) is 0 Å². The summed E-state index contributed by atoms with van der Waals surface area (Å²) in [6.07, 6.45) is 4.63. The molecule has 0 aromatic carbocycles. The highest BCUT2D eigenvalue weighted by atomic mass is 16.4. The SMILES string of the molecule is NC1CCC(C(=O)N(CC(=O)O)CC2CC2)C1. The molecular weight excluding hydrogens is 220 g/mol. The van der Waals surface area contributed by atoms with E-state index in [1.54, 1.807) is 0 Å². The summed E-state index contributed by atoms with van der Waals surface area (Å²) in [4.78, 5) is 24.5. The fourth-order valence-electron chi connectivity index (χ4n) is 2.51. The molecule has 1 amide bonds. The Morgan fingerprint density at radius 1 is 1.24 bits per heavy atom. The number of nitrogens with two attached hydrogens (primary N) is 1. The predicted octanol–water partition coefficient (Wildman–Crippen LogP) is 0.437. The van der Waals surface area contributed by atoms with Crippen LogP contribution in [0.15, 0.2) is 0 Å². The van der Waals surface area contributed by atoms with Crippen LogP contribution >= 0.6 is 0 Å². The Hall–Kier alpha value is -1.10. The Morgan fingerprint density at radius 2 is 1.94 bits per heavy atom. The molecule has 5 nitrogen and oxygen atoms in total. The van der Waals surface area contributed by atoms with Gasteiger partial charge in [0, 0.05) is 18.5 Å². The molecule has 2 atom stereocenters. The van der Waals surface area contributed by atoms with E-state index >= 15 is 0 Å². The molecule has 96 valence electrons. The molecule has 2 saturated carbocycles. The zero-order valence-corrected chi connectivity index (χ0v) is 9.97. The molecule has 3 N–H and O–H groups in total. The van der Waals surface area contributed by atoms with Gasteiger partial charge in [0.15, 0.2) is 0 Å². The maximum absolute atomic E-state index is 12.2. The number of nitrogens with zero attached hydrogens (tertiary/aromatic N) is 1. The highest BCUT2D eigenvalue weighted by Crippen LogP contribution is 2.32. The first kappa shape index (κ1) is 12.4. The molecule has 0 spiro atoms. The van der Waals surface area contributed by atoms with Crippen LogP contribution in [0.25, 0.3) is 0 Å². The Bertz CT molecular complexity index is 315. The molecule has 2 fully saturated rings. The second kappa shape index (κ2) is 5.04. The van der Waals surface area contributed by atoms with Crippen LogP contribution in [0.5, 0.6) is 0 Å². The standard InChI is InChI=1S/C12H20N2O3/c13-10-4-3-9(5-10)12(17)14(7-11(15)16)6-8-1-2-8/h8-10H,1-7,13H2,(H,15,16). The third-order valence-electron chi connectivity index (χ3n) is 3.64. The van der Waals surface area contributed by atoms with Crippen molar-refractivity contribution in [1.29, 1.82) is 0 Å². The van der Waals surface area contributed by atoms with Crippen molar-refractivity contribution >= 4 is 11.9 Å². The lowest BCUT2D eigenvalue weighted by molar-refractivity contribution is -0.146. The summed E-state index contributed by atoms with van der Waals surface area (Å²) in [6.45, 7) is 0.442. The minimum absolute atomic E-state index is 0.00718. The summed E-state index contributed by atoms with van der Waals surface area (Å²) < 4.78 is 0. The lowest BCUT2D eigenvalue weighted by Gasteiger charge is -2.23. The fourth-order valence-corrected chi connectivity index (χ4v) is 2.51. The molecule has 0 bridgehead atoms. The summed E-state index contributed by atoms with van der Waals surface area (Å²) >= 11 is 0. The van der Waals surface area contributed by atoms with E-state index < -0.39 is 5.97 Å². The van der Waals surface area contributed by atoms with Gasteiger partial charge in [-0.3, -0.25) is 9.59 Å². The largest absolute Gasteiger partial charge is 0.480 e. The number of carbonyl (C=O) groups excluding carboxylic acids is 1. The molecule has 0 aromatic heterocycles. The third kappa shape index (κ3) is 3.43. The van der Waals surface area contributed by atoms with Crippen LogP contribution < -0.4 is 5.73 Å². The van der Waals surface area contributed by atoms with Gasteiger partial charge in [-0.05, 0) is 38.0 Å². The Balaban J connectivity index is 1.93. The summed E-state index contributed by atoms with van der Waals surface area (Å²) in [5.41, 5.74) is 5.79. The van der Waals surface area contributed by atoms with Crippen LogP contribution in [0.4, 0.5) is 0 Å². The smallest absolute Gasteiger partial charge is 0.323 e. The van der Waals surface area contributed by atoms with Crippen LogP contribution in [-0.2, 0) is 9.59 Å². The third-order valence-corrected chi connectivity index (χ3v) is 3.64. The predicted molar refractivity (Wildman–Crippen MR) is 62.3 cm³/mol. The number of amides is 1. The average molecular weight is 240 g/mol. The molecule has 0 heterocycles. The second-order valence-corrected chi connectivity index (χ2v) is 5.33. The van der Waals surface area contributed by atoms with Gasteiger partial charge in [0.1, 0.15) is 6.54 Å². The van der Waals surface area contributed by atoms with Crippen LogP contribution in [0.2, 0.25) is 0 Å². The van der Waals surface area contributed by atoms with E-state index in [1.165, 1.54) is 4.90 Å². The Morgan fingerprint density at radius 3 is 2.41 bits per heavy atom. The van der Waals surface area contributed by atoms with Gasteiger partial charge < -0.3 is 15.7 Å². The maximum atomic E-state index is 12.2. The Kier molecular flexibility index (Phi) is 3.66. The number of carbonyl (C=O) groups is 2. The van der Waals surface area contributed by atoms with E-state index in [1.807, 2.05) is 0 Å². The van der Waals surface area contributed by atoms with Gasteiger partial charge in [0.05, 0.1) is 0 Å². The zero-order chi connectivity index (χ0) is 12.4. The van der Waals surface area contributed by atoms with E-state index in [9.17, 15) is 9.59 Å². The first-order chi connectivity index (χ1) is 8.06. The highest BCUT2D eigenvalue weighted by molar-refractivity contribution is 5.83. The normalized spacial score (nSPS) is 28.1. The van der Waals surface area contributed by atoms with Gasteiger partial charge >= 0.3 is 5.97 Å². The molecule has 0 saturated heterocycles. The molecule has 0 aromatic rings. The molecule has 0 aliphatic heterocycles. The number of hydrogen-bond donors (Lipinski definition) is 2. The van der Waals surface area contributed by atoms with Crippen molar-refractivity contribution in [3.63, 3.8) is 0 Å². The minimum Gasteiger partial charge on any atom is -0.480 e. The molecule has 5 heteroatoms. The number of carboxylic acid groups (broad SMARTS) is 1. The van der Waals surface area contributed by atoms with Crippen LogP contribution in [0, 0.1) is 11.8 Å². The average Bonchev–Trinajstić information content (AvgIpc) is 2.96. The summed E-state index contributed by atoms with van der Waals surface area (Å²) in [7, 11) is 0. The first-order valence-corrected chi connectivity index (χ1v) is 6.32. The molecule has 2 aliphatic carbocycles. The zero-order valence-electron chi connectivity index (χ0n) is 9.97. The van der Waals surface area contributed by atoms with E-state index in [-0.39, 0.29) is 24.4 Å². The van der Waals surface area contributed by atoms with Crippen molar-refractivity contribution in [2.45, 2.75) is 38.1 Å². The van der Waals surface area contributed by atoms with Crippen LogP contribution in [0.3, 0.4) is 0 Å². The Labute approximate surface area is 101 Å². The first-order valence-electron chi connectivity index (χ1n) is 6.32. The van der Waals surface area contributed by atoms with E-state index in [2.05, 4.69) is 0 Å². The van der Waals surface area contributed by atoms with Crippen molar-refractivity contribution < 1.29 is 14.7 Å². The number of aliphatic carboxylic acids is 1. The van der Waals surface area contributed by atoms with E-state index in [4.69, 9.17) is 10.8 Å². The number of hydrogen-bond acceptors (Lipinski definition) is 3. The van der Waals surface area contributed by atoms with Gasteiger partial charge in [0.2, 0.25) is 5.91 Å². The topological polar surface area (TPSA) is 83.6 Å².